The number of ether oxygens (including phenoxy) is 3. The number of rotatable bonds is 10. The number of aliphatic hydroxyl groups is 1. The van der Waals surface area contributed by atoms with Crippen molar-refractivity contribution in [1.29, 1.82) is 0 Å². The van der Waals surface area contributed by atoms with Crippen LogP contribution in [0.2, 0.25) is 5.02 Å². The molecule has 0 saturated carbocycles. The SMILES string of the molecule is COCCOCOc1c(Cl)cc(Br)cc1C=N[C@@H](CO)c1ccccc1. The Morgan fingerprint density at radius 3 is 2.69 bits per heavy atom. The second-order valence-corrected chi connectivity index (χ2v) is 6.68. The first-order chi connectivity index (χ1) is 12.7. The van der Waals surface area contributed by atoms with Crippen LogP contribution in [0.1, 0.15) is 17.2 Å². The zero-order valence-electron chi connectivity index (χ0n) is 14.4. The zero-order chi connectivity index (χ0) is 18.8. The summed E-state index contributed by atoms with van der Waals surface area (Å²) in [5, 5.41) is 10.1. The van der Waals surface area contributed by atoms with E-state index >= 15 is 0 Å². The minimum absolute atomic E-state index is 0.0493. The first kappa shape index (κ1) is 20.9. The largest absolute Gasteiger partial charge is 0.465 e. The molecule has 7 heteroatoms. The Labute approximate surface area is 166 Å². The van der Waals surface area contributed by atoms with Crippen LogP contribution >= 0.6 is 27.5 Å². The zero-order valence-corrected chi connectivity index (χ0v) is 16.7. The van der Waals surface area contributed by atoms with E-state index in [1.165, 1.54) is 0 Å². The summed E-state index contributed by atoms with van der Waals surface area (Å²) in [5.41, 5.74) is 1.62. The highest BCUT2D eigenvalue weighted by Crippen LogP contribution is 2.32. The molecule has 0 bridgehead atoms. The molecule has 0 fully saturated rings. The van der Waals surface area contributed by atoms with Gasteiger partial charge in [-0.3, -0.25) is 4.99 Å². The van der Waals surface area contributed by atoms with Crippen LogP contribution in [-0.4, -0.2) is 45.0 Å². The maximum absolute atomic E-state index is 9.65. The predicted molar refractivity (Wildman–Crippen MR) is 106 cm³/mol. The van der Waals surface area contributed by atoms with Crippen LogP contribution < -0.4 is 4.74 Å². The molecule has 5 nitrogen and oxygen atoms in total. The molecule has 0 aliphatic rings. The van der Waals surface area contributed by atoms with E-state index in [-0.39, 0.29) is 19.4 Å². The van der Waals surface area contributed by atoms with E-state index in [0.29, 0.717) is 29.5 Å². The molecule has 0 unspecified atom stereocenters. The highest BCUT2D eigenvalue weighted by atomic mass is 79.9. The fraction of sp³-hybridized carbons (Fsp3) is 0.316. The Kier molecular flexibility index (Phi) is 9.08. The Morgan fingerprint density at radius 1 is 1.23 bits per heavy atom. The third-order valence-electron chi connectivity index (χ3n) is 3.51. The third kappa shape index (κ3) is 6.37. The second-order valence-electron chi connectivity index (χ2n) is 5.36. The van der Waals surface area contributed by atoms with Crippen LogP contribution in [0.15, 0.2) is 51.9 Å². The van der Waals surface area contributed by atoms with Gasteiger partial charge in [0.05, 0.1) is 30.9 Å². The maximum Gasteiger partial charge on any atom is 0.189 e. The normalized spacial score (nSPS) is 12.5. The van der Waals surface area contributed by atoms with E-state index < -0.39 is 0 Å². The van der Waals surface area contributed by atoms with Crippen molar-refractivity contribution in [2.24, 2.45) is 4.99 Å². The molecule has 140 valence electrons. The summed E-state index contributed by atoms with van der Waals surface area (Å²) in [6, 6.07) is 12.8. The minimum Gasteiger partial charge on any atom is -0.465 e. The molecule has 0 spiro atoms. The average molecular weight is 443 g/mol. The first-order valence-electron chi connectivity index (χ1n) is 8.03. The highest BCUT2D eigenvalue weighted by molar-refractivity contribution is 9.10. The molecule has 0 aliphatic carbocycles. The van der Waals surface area contributed by atoms with Gasteiger partial charge in [-0.05, 0) is 17.7 Å². The summed E-state index contributed by atoms with van der Waals surface area (Å²) in [6.45, 7) is 0.863. The van der Waals surface area contributed by atoms with Gasteiger partial charge < -0.3 is 19.3 Å². The van der Waals surface area contributed by atoms with E-state index in [0.717, 1.165) is 10.0 Å². The summed E-state index contributed by atoms with van der Waals surface area (Å²) in [6.07, 6.45) is 1.65. The van der Waals surface area contributed by atoms with Gasteiger partial charge in [-0.25, -0.2) is 0 Å². The van der Waals surface area contributed by atoms with Crippen molar-refractivity contribution in [1.82, 2.24) is 0 Å². The van der Waals surface area contributed by atoms with Crippen molar-refractivity contribution >= 4 is 33.7 Å². The maximum atomic E-state index is 9.65. The van der Waals surface area contributed by atoms with E-state index in [1.807, 2.05) is 36.4 Å². The predicted octanol–water partition coefficient (Wildman–Crippen LogP) is 4.25. The number of aliphatic imine (C=N–C) groups is 1. The molecule has 26 heavy (non-hydrogen) atoms. The molecule has 0 heterocycles. The molecule has 2 aromatic rings. The van der Waals surface area contributed by atoms with Crippen molar-refractivity contribution in [2.75, 3.05) is 33.7 Å². The van der Waals surface area contributed by atoms with Gasteiger partial charge in [0.1, 0.15) is 5.75 Å². The van der Waals surface area contributed by atoms with E-state index in [2.05, 4.69) is 20.9 Å². The van der Waals surface area contributed by atoms with Crippen molar-refractivity contribution in [3.05, 3.63) is 63.1 Å². The number of aliphatic hydroxyl groups excluding tert-OH is 1. The van der Waals surface area contributed by atoms with Crippen LogP contribution in [0.4, 0.5) is 0 Å². The topological polar surface area (TPSA) is 60.3 Å². The van der Waals surface area contributed by atoms with Crippen LogP contribution in [0.5, 0.6) is 5.75 Å². The summed E-state index contributed by atoms with van der Waals surface area (Å²) in [7, 11) is 1.61. The van der Waals surface area contributed by atoms with Gasteiger partial charge in [-0.2, -0.15) is 0 Å². The lowest BCUT2D eigenvalue weighted by Gasteiger charge is -2.13. The monoisotopic (exact) mass is 441 g/mol. The summed E-state index contributed by atoms with van der Waals surface area (Å²) < 4.78 is 16.7. The van der Waals surface area contributed by atoms with E-state index in [4.69, 9.17) is 25.8 Å². The molecule has 2 aromatic carbocycles. The molecule has 1 atom stereocenters. The van der Waals surface area contributed by atoms with Crippen LogP contribution in [-0.2, 0) is 9.47 Å². The fourth-order valence-electron chi connectivity index (χ4n) is 2.21. The van der Waals surface area contributed by atoms with Gasteiger partial charge in [0.25, 0.3) is 0 Å². The van der Waals surface area contributed by atoms with Crippen molar-refractivity contribution in [3.63, 3.8) is 0 Å². The summed E-state index contributed by atoms with van der Waals surface area (Å²) in [4.78, 5) is 4.49. The van der Waals surface area contributed by atoms with Crippen LogP contribution in [0.3, 0.4) is 0 Å². The Morgan fingerprint density at radius 2 is 2.00 bits per heavy atom. The lowest BCUT2D eigenvalue weighted by Crippen LogP contribution is -2.09. The van der Waals surface area contributed by atoms with Gasteiger partial charge in [0.2, 0.25) is 0 Å². The smallest absolute Gasteiger partial charge is 0.189 e. The number of halogens is 2. The number of nitrogens with zero attached hydrogens (tertiary/aromatic N) is 1. The highest BCUT2D eigenvalue weighted by Gasteiger charge is 2.12. The summed E-state index contributed by atoms with van der Waals surface area (Å²) >= 11 is 9.71. The number of hydrogen-bond acceptors (Lipinski definition) is 5. The van der Waals surface area contributed by atoms with Gasteiger partial charge in [-0.15, -0.1) is 0 Å². The molecule has 1 N–H and O–H groups in total. The second kappa shape index (κ2) is 11.3. The fourth-order valence-corrected chi connectivity index (χ4v) is 3.10. The van der Waals surface area contributed by atoms with Gasteiger partial charge in [0.15, 0.2) is 6.79 Å². The first-order valence-corrected chi connectivity index (χ1v) is 9.20. The van der Waals surface area contributed by atoms with Crippen molar-refractivity contribution in [3.8, 4) is 5.75 Å². The van der Waals surface area contributed by atoms with Crippen molar-refractivity contribution in [2.45, 2.75) is 6.04 Å². The van der Waals surface area contributed by atoms with E-state index in [9.17, 15) is 5.11 Å². The third-order valence-corrected chi connectivity index (χ3v) is 4.24. The van der Waals surface area contributed by atoms with Crippen LogP contribution in [0.25, 0.3) is 0 Å². The van der Waals surface area contributed by atoms with Gasteiger partial charge in [-0.1, -0.05) is 57.9 Å². The molecule has 0 saturated heterocycles. The lowest BCUT2D eigenvalue weighted by atomic mass is 10.1. The van der Waals surface area contributed by atoms with Gasteiger partial charge >= 0.3 is 0 Å². The number of hydrogen-bond donors (Lipinski definition) is 1. The molecule has 0 aliphatic heterocycles. The Hall–Kier alpha value is -1.44. The minimum atomic E-state index is -0.361. The molecular weight excluding hydrogens is 422 g/mol. The molecule has 0 radical (unpaired) electrons. The van der Waals surface area contributed by atoms with E-state index in [1.54, 1.807) is 19.4 Å². The van der Waals surface area contributed by atoms with Crippen LogP contribution in [0, 0.1) is 0 Å². The Bertz CT molecular complexity index is 712. The summed E-state index contributed by atoms with van der Waals surface area (Å²) in [5.74, 6) is 0.473. The molecule has 2 rings (SSSR count). The molecular formula is C19H21BrClNO4. The number of benzene rings is 2. The lowest BCUT2D eigenvalue weighted by molar-refractivity contribution is -0.00849. The van der Waals surface area contributed by atoms with Crippen molar-refractivity contribution < 1.29 is 19.3 Å². The quantitative estimate of drug-likeness (QED) is 0.339. The molecule has 0 aromatic heterocycles. The average Bonchev–Trinajstić information content (AvgIpc) is 2.64. The standard InChI is InChI=1S/C19H21BrClNO4/c1-24-7-8-25-13-26-19-15(9-16(20)10-17(19)21)11-22-18(12-23)14-5-3-2-4-6-14/h2-6,9-11,18,23H,7-8,12-13H2,1H3/t18-/m0/s1. The van der Waals surface area contributed by atoms with Gasteiger partial charge in [0, 0.05) is 23.4 Å². The number of methoxy groups -OCH3 is 1. The Balaban J connectivity index is 2.16. The molecule has 0 amide bonds.